The quantitative estimate of drug-likeness (QED) is 0.195. The molecule has 1 saturated heterocycles. The monoisotopic (exact) mass is 584 g/mol. The van der Waals surface area contributed by atoms with Gasteiger partial charge >= 0.3 is 0 Å². The molecule has 4 aromatic rings. The van der Waals surface area contributed by atoms with Crippen LogP contribution in [0.5, 0.6) is 17.2 Å². The molecule has 3 N–H and O–H groups in total. The summed E-state index contributed by atoms with van der Waals surface area (Å²) in [5, 5.41) is 4.69. The lowest BCUT2D eigenvalue weighted by molar-refractivity contribution is -0.121. The zero-order chi connectivity index (χ0) is 29.1. The Labute approximate surface area is 247 Å². The molecule has 6 rings (SSSR count). The first-order valence-corrected chi connectivity index (χ1v) is 15.1. The van der Waals surface area contributed by atoms with Gasteiger partial charge in [0.2, 0.25) is 11.8 Å². The summed E-state index contributed by atoms with van der Waals surface area (Å²) in [7, 11) is 0. The lowest BCUT2D eigenvalue weighted by atomic mass is 9.88. The van der Waals surface area contributed by atoms with Crippen molar-refractivity contribution in [3.05, 3.63) is 78.1 Å². The first-order chi connectivity index (χ1) is 20.4. The van der Waals surface area contributed by atoms with Crippen molar-refractivity contribution in [1.82, 2.24) is 15.3 Å². The maximum atomic E-state index is 12.8. The van der Waals surface area contributed by atoms with E-state index in [2.05, 4.69) is 15.6 Å². The van der Waals surface area contributed by atoms with Crippen molar-refractivity contribution < 1.29 is 23.9 Å². The third kappa shape index (κ3) is 6.44. The van der Waals surface area contributed by atoms with Crippen molar-refractivity contribution in [3.8, 4) is 17.2 Å². The highest BCUT2D eigenvalue weighted by atomic mass is 32.2. The maximum absolute atomic E-state index is 12.8. The number of fused-ring (bicyclic) bond motifs is 1. The number of H-pyrrole nitrogens is 1. The number of nitrogens with zero attached hydrogens (tertiary/aromatic N) is 1. The van der Waals surface area contributed by atoms with E-state index in [1.54, 1.807) is 0 Å². The summed E-state index contributed by atoms with van der Waals surface area (Å²) in [6, 6.07) is 20.6. The molecule has 0 spiro atoms. The van der Waals surface area contributed by atoms with Gasteiger partial charge in [-0.1, -0.05) is 55.3 Å². The number of rotatable bonds is 9. The third-order valence-electron chi connectivity index (χ3n) is 7.63. The first kappa shape index (κ1) is 27.8. The Morgan fingerprint density at radius 1 is 1.02 bits per heavy atom. The predicted octanol–water partition coefficient (Wildman–Crippen LogP) is 6.91. The average Bonchev–Trinajstić information content (AvgIpc) is 3.57. The normalized spacial score (nSPS) is 18.1. The molecule has 10 heteroatoms. The van der Waals surface area contributed by atoms with Crippen LogP contribution >= 0.6 is 11.8 Å². The summed E-state index contributed by atoms with van der Waals surface area (Å²) < 4.78 is 12.3. The minimum absolute atomic E-state index is 0.0553. The van der Waals surface area contributed by atoms with Gasteiger partial charge in [-0.25, -0.2) is 4.98 Å². The molecule has 1 aliphatic heterocycles. The van der Waals surface area contributed by atoms with Crippen LogP contribution in [0.3, 0.4) is 0 Å². The van der Waals surface area contributed by atoms with E-state index in [-0.39, 0.29) is 29.1 Å². The Kier molecular flexibility index (Phi) is 8.14. The Morgan fingerprint density at radius 2 is 1.79 bits per heavy atom. The Hall–Kier alpha value is -4.31. The van der Waals surface area contributed by atoms with Gasteiger partial charge in [-0.3, -0.25) is 19.7 Å². The summed E-state index contributed by atoms with van der Waals surface area (Å²) in [4.78, 5) is 44.1. The fraction of sp³-hybridized carbons (Fsp3) is 0.312. The summed E-state index contributed by atoms with van der Waals surface area (Å²) in [6.07, 6.45) is 5.40. The number of anilines is 1. The number of nitrogens with one attached hydrogen (secondary N) is 3. The highest BCUT2D eigenvalue weighted by Crippen LogP contribution is 2.33. The van der Waals surface area contributed by atoms with Gasteiger partial charge < -0.3 is 19.8 Å². The first-order valence-electron chi connectivity index (χ1n) is 14.3. The van der Waals surface area contributed by atoms with Crippen molar-refractivity contribution in [2.24, 2.45) is 5.92 Å². The van der Waals surface area contributed by atoms with Gasteiger partial charge in [0.05, 0.1) is 22.0 Å². The number of imidazole rings is 1. The van der Waals surface area contributed by atoms with Crippen LogP contribution in [0.4, 0.5) is 10.5 Å². The van der Waals surface area contributed by atoms with Crippen LogP contribution < -0.4 is 20.1 Å². The molecular weight excluding hydrogens is 552 g/mol. The zero-order valence-electron chi connectivity index (χ0n) is 23.2. The third-order valence-corrected chi connectivity index (χ3v) is 8.61. The molecule has 2 aliphatic rings. The fourth-order valence-corrected chi connectivity index (χ4v) is 6.22. The molecule has 216 valence electrons. The van der Waals surface area contributed by atoms with Crippen LogP contribution in [0.25, 0.3) is 11.0 Å². The number of carbonyl (C=O) groups is 3. The SMILES string of the molecule is CC(Oc1ccc(CC2SC(=O)NC2=O)cc1)c1nc2ccc(Oc3ccccc3NC(=O)C3CCCCC3)cc2[nH]1. The van der Waals surface area contributed by atoms with Gasteiger partial charge in [-0.2, -0.15) is 0 Å². The molecule has 1 aromatic heterocycles. The van der Waals surface area contributed by atoms with E-state index in [0.717, 1.165) is 54.0 Å². The number of aromatic nitrogens is 2. The molecule has 2 atom stereocenters. The number of aromatic amines is 1. The molecule has 0 radical (unpaired) electrons. The molecule has 2 fully saturated rings. The second kappa shape index (κ2) is 12.3. The molecule has 3 amide bonds. The van der Waals surface area contributed by atoms with Gasteiger partial charge in [0.15, 0.2) is 11.9 Å². The summed E-state index contributed by atoms with van der Waals surface area (Å²) in [5.74, 6) is 2.41. The number of ether oxygens (including phenoxy) is 2. The number of imide groups is 1. The topological polar surface area (TPSA) is 122 Å². The lowest BCUT2D eigenvalue weighted by Gasteiger charge is -2.21. The van der Waals surface area contributed by atoms with Crippen molar-refractivity contribution in [2.75, 3.05) is 5.32 Å². The zero-order valence-corrected chi connectivity index (χ0v) is 24.0. The largest absolute Gasteiger partial charge is 0.483 e. The van der Waals surface area contributed by atoms with E-state index in [1.165, 1.54) is 6.42 Å². The second-order valence-corrected chi connectivity index (χ2v) is 11.9. The molecule has 0 bridgehead atoms. The minimum atomic E-state index is -0.401. The average molecular weight is 585 g/mol. The maximum Gasteiger partial charge on any atom is 0.286 e. The lowest BCUT2D eigenvalue weighted by Crippen LogP contribution is -2.25. The highest BCUT2D eigenvalue weighted by Gasteiger charge is 2.31. The van der Waals surface area contributed by atoms with Crippen LogP contribution in [-0.2, 0) is 16.0 Å². The van der Waals surface area contributed by atoms with Gasteiger partial charge in [-0.15, -0.1) is 0 Å². The van der Waals surface area contributed by atoms with E-state index in [1.807, 2.05) is 73.7 Å². The molecule has 2 heterocycles. The molecule has 42 heavy (non-hydrogen) atoms. The number of thioether (sulfide) groups is 1. The highest BCUT2D eigenvalue weighted by molar-refractivity contribution is 8.15. The van der Waals surface area contributed by atoms with Crippen LogP contribution in [0.2, 0.25) is 0 Å². The van der Waals surface area contributed by atoms with Crippen LogP contribution in [0, 0.1) is 5.92 Å². The van der Waals surface area contributed by atoms with Crippen LogP contribution in [-0.4, -0.2) is 32.3 Å². The summed E-state index contributed by atoms with van der Waals surface area (Å²) >= 11 is 1.02. The van der Waals surface area contributed by atoms with E-state index in [9.17, 15) is 14.4 Å². The van der Waals surface area contributed by atoms with Crippen LogP contribution in [0.15, 0.2) is 66.7 Å². The van der Waals surface area contributed by atoms with Crippen molar-refractivity contribution in [2.45, 2.75) is 56.8 Å². The van der Waals surface area contributed by atoms with Crippen molar-refractivity contribution in [3.63, 3.8) is 0 Å². The number of benzene rings is 3. The molecular formula is C32H32N4O5S. The Balaban J connectivity index is 1.10. The molecule has 3 aromatic carbocycles. The molecule has 1 aliphatic carbocycles. The Bertz CT molecular complexity index is 1610. The van der Waals surface area contributed by atoms with Gasteiger partial charge in [0, 0.05) is 12.0 Å². The molecule has 2 unspecified atom stereocenters. The molecule has 9 nitrogen and oxygen atoms in total. The number of hydrogen-bond donors (Lipinski definition) is 3. The summed E-state index contributed by atoms with van der Waals surface area (Å²) in [5.41, 5.74) is 3.19. The standard InChI is InChI=1S/C32H32N4O5S/c1-19(40-22-13-11-20(12-14-22)17-28-31(38)36-32(39)42-28)29-33-24-16-15-23(18-26(24)34-29)41-27-10-6-5-9-25(27)35-30(37)21-7-3-2-4-8-21/h5-6,9-16,18-19,21,28H,2-4,7-8,17H2,1H3,(H,33,34)(H,35,37)(H,36,38,39). The van der Waals surface area contributed by atoms with E-state index in [4.69, 9.17) is 14.5 Å². The van der Waals surface area contributed by atoms with Gasteiger partial charge in [-0.05, 0) is 68.1 Å². The minimum Gasteiger partial charge on any atom is -0.483 e. The predicted molar refractivity (Wildman–Crippen MR) is 162 cm³/mol. The summed E-state index contributed by atoms with van der Waals surface area (Å²) in [6.45, 7) is 1.92. The number of para-hydroxylation sites is 2. The van der Waals surface area contributed by atoms with E-state index in [0.29, 0.717) is 35.2 Å². The number of amides is 3. The number of carbonyl (C=O) groups excluding carboxylic acids is 3. The smallest absolute Gasteiger partial charge is 0.286 e. The second-order valence-electron chi connectivity index (χ2n) is 10.7. The van der Waals surface area contributed by atoms with Crippen molar-refractivity contribution in [1.29, 1.82) is 0 Å². The van der Waals surface area contributed by atoms with E-state index < -0.39 is 5.25 Å². The fourth-order valence-electron chi connectivity index (χ4n) is 5.36. The van der Waals surface area contributed by atoms with Crippen LogP contribution in [0.1, 0.15) is 56.5 Å². The van der Waals surface area contributed by atoms with Gasteiger partial charge in [0.1, 0.15) is 17.3 Å². The van der Waals surface area contributed by atoms with Crippen molar-refractivity contribution >= 4 is 45.5 Å². The van der Waals surface area contributed by atoms with Gasteiger partial charge in [0.25, 0.3) is 5.24 Å². The molecule has 1 saturated carbocycles. The van der Waals surface area contributed by atoms with E-state index >= 15 is 0 Å². The number of hydrogen-bond acceptors (Lipinski definition) is 7. The Morgan fingerprint density at radius 3 is 2.55 bits per heavy atom.